The van der Waals surface area contributed by atoms with E-state index in [4.69, 9.17) is 9.78 Å². The van der Waals surface area contributed by atoms with Crippen molar-refractivity contribution >= 4 is 6.29 Å². The van der Waals surface area contributed by atoms with Crippen LogP contribution in [-0.4, -0.2) is 18.0 Å². The van der Waals surface area contributed by atoms with E-state index < -0.39 is 5.60 Å². The minimum absolute atomic E-state index is 0.201. The van der Waals surface area contributed by atoms with Gasteiger partial charge in [-0.3, -0.25) is 0 Å². The van der Waals surface area contributed by atoms with Crippen molar-refractivity contribution in [1.29, 1.82) is 0 Å². The third kappa shape index (κ3) is 1.40. The summed E-state index contributed by atoms with van der Waals surface area (Å²) in [6.07, 6.45) is 4.27. The zero-order valence-electron chi connectivity index (χ0n) is 8.16. The van der Waals surface area contributed by atoms with E-state index in [0.29, 0.717) is 11.8 Å². The molecule has 0 aromatic rings. The van der Waals surface area contributed by atoms with E-state index in [9.17, 15) is 4.79 Å². The predicted molar refractivity (Wildman–Crippen MR) is 46.9 cm³/mol. The van der Waals surface area contributed by atoms with Gasteiger partial charge in [0.1, 0.15) is 0 Å². The molecule has 2 bridgehead atoms. The molecule has 0 aromatic heterocycles. The highest BCUT2D eigenvalue weighted by Gasteiger charge is 2.46. The first-order valence-corrected chi connectivity index (χ1v) is 4.96. The Morgan fingerprint density at radius 1 is 1.46 bits per heavy atom. The fourth-order valence-electron chi connectivity index (χ4n) is 2.28. The van der Waals surface area contributed by atoms with E-state index in [1.165, 1.54) is 0 Å². The van der Waals surface area contributed by atoms with Gasteiger partial charge in [-0.2, -0.15) is 0 Å². The molecule has 2 aliphatic rings. The van der Waals surface area contributed by atoms with Crippen LogP contribution in [0.1, 0.15) is 33.1 Å². The van der Waals surface area contributed by atoms with E-state index in [0.717, 1.165) is 25.5 Å². The van der Waals surface area contributed by atoms with Crippen LogP contribution in [0, 0.1) is 11.8 Å². The van der Waals surface area contributed by atoms with Crippen molar-refractivity contribution in [3.05, 3.63) is 0 Å². The SMILES string of the molecule is C[C@@H]1CC[C@H]2C[C@@H]1OO[C@]2(C)C=O. The summed E-state index contributed by atoms with van der Waals surface area (Å²) in [5.41, 5.74) is -0.698. The number of fused-ring (bicyclic) bond motifs is 2. The summed E-state index contributed by atoms with van der Waals surface area (Å²) in [6, 6.07) is 0. The number of rotatable bonds is 1. The highest BCUT2D eigenvalue weighted by molar-refractivity contribution is 5.62. The molecule has 1 saturated heterocycles. The zero-order chi connectivity index (χ0) is 9.47. The average Bonchev–Trinajstić information content (AvgIpc) is 2.16. The van der Waals surface area contributed by atoms with Crippen LogP contribution in [0.2, 0.25) is 0 Å². The first-order chi connectivity index (χ1) is 6.15. The summed E-state index contributed by atoms with van der Waals surface area (Å²) in [6.45, 7) is 3.99. The van der Waals surface area contributed by atoms with Crippen molar-refractivity contribution in [2.24, 2.45) is 11.8 Å². The topological polar surface area (TPSA) is 35.5 Å². The van der Waals surface area contributed by atoms with Crippen molar-refractivity contribution in [3.8, 4) is 0 Å². The van der Waals surface area contributed by atoms with E-state index in [2.05, 4.69) is 6.92 Å². The van der Waals surface area contributed by atoms with Crippen molar-refractivity contribution in [2.75, 3.05) is 0 Å². The Morgan fingerprint density at radius 3 is 2.92 bits per heavy atom. The van der Waals surface area contributed by atoms with Gasteiger partial charge in [0.2, 0.25) is 0 Å². The molecule has 0 amide bonds. The minimum atomic E-state index is -0.698. The molecular weight excluding hydrogens is 168 g/mol. The fraction of sp³-hybridized carbons (Fsp3) is 0.900. The molecule has 0 N–H and O–H groups in total. The first-order valence-electron chi connectivity index (χ1n) is 4.96. The average molecular weight is 184 g/mol. The second kappa shape index (κ2) is 3.07. The molecule has 0 radical (unpaired) electrons. The van der Waals surface area contributed by atoms with Crippen LogP contribution in [0.15, 0.2) is 0 Å². The maximum atomic E-state index is 10.9. The van der Waals surface area contributed by atoms with Crippen LogP contribution < -0.4 is 0 Å². The molecule has 3 nitrogen and oxygen atoms in total. The summed E-state index contributed by atoms with van der Waals surface area (Å²) in [4.78, 5) is 21.3. The Kier molecular flexibility index (Phi) is 2.16. The van der Waals surface area contributed by atoms with Gasteiger partial charge in [-0.15, -0.1) is 0 Å². The molecule has 3 heteroatoms. The van der Waals surface area contributed by atoms with Crippen LogP contribution in [0.5, 0.6) is 0 Å². The van der Waals surface area contributed by atoms with Crippen LogP contribution in [-0.2, 0) is 14.6 Å². The molecule has 2 rings (SSSR count). The second-order valence-electron chi connectivity index (χ2n) is 4.51. The van der Waals surface area contributed by atoms with Crippen LogP contribution in [0.4, 0.5) is 0 Å². The standard InChI is InChI=1S/C10H16O3/c1-7-3-4-8-5-9(7)12-13-10(8,2)6-11/h6-9H,3-5H2,1-2H3/t7-,8+,9+,10-/m1/s1. The lowest BCUT2D eigenvalue weighted by molar-refractivity contribution is -0.418. The van der Waals surface area contributed by atoms with Gasteiger partial charge in [-0.1, -0.05) is 6.92 Å². The number of carbonyl (C=O) groups is 1. The lowest BCUT2D eigenvalue weighted by Gasteiger charge is -2.45. The van der Waals surface area contributed by atoms with Gasteiger partial charge >= 0.3 is 0 Å². The fourth-order valence-corrected chi connectivity index (χ4v) is 2.28. The zero-order valence-corrected chi connectivity index (χ0v) is 8.16. The minimum Gasteiger partial charge on any atom is -0.300 e. The monoisotopic (exact) mass is 184 g/mol. The lowest BCUT2D eigenvalue weighted by atomic mass is 9.73. The molecule has 2 fully saturated rings. The largest absolute Gasteiger partial charge is 0.300 e. The highest BCUT2D eigenvalue weighted by Crippen LogP contribution is 2.42. The maximum absolute atomic E-state index is 10.9. The smallest absolute Gasteiger partial charge is 0.158 e. The summed E-state index contributed by atoms with van der Waals surface area (Å²) >= 11 is 0. The van der Waals surface area contributed by atoms with E-state index in [-0.39, 0.29) is 6.10 Å². The molecule has 4 atom stereocenters. The van der Waals surface area contributed by atoms with Gasteiger partial charge in [0.25, 0.3) is 0 Å². The van der Waals surface area contributed by atoms with Crippen LogP contribution in [0.3, 0.4) is 0 Å². The highest BCUT2D eigenvalue weighted by atomic mass is 17.2. The molecular formula is C10H16O3. The van der Waals surface area contributed by atoms with Gasteiger partial charge in [-0.25, -0.2) is 9.78 Å². The predicted octanol–water partition coefficient (Wildman–Crippen LogP) is 1.71. The molecule has 13 heavy (non-hydrogen) atoms. The molecule has 1 aliphatic carbocycles. The Bertz CT molecular complexity index is 216. The Morgan fingerprint density at radius 2 is 2.23 bits per heavy atom. The molecule has 0 spiro atoms. The van der Waals surface area contributed by atoms with Crippen LogP contribution >= 0.6 is 0 Å². The molecule has 0 unspecified atom stereocenters. The summed E-state index contributed by atoms with van der Waals surface area (Å²) in [5, 5.41) is 0. The number of carbonyl (C=O) groups excluding carboxylic acids is 1. The summed E-state index contributed by atoms with van der Waals surface area (Å²) < 4.78 is 0. The first kappa shape index (κ1) is 9.16. The molecule has 1 heterocycles. The third-order valence-electron chi connectivity index (χ3n) is 3.52. The Hall–Kier alpha value is -0.410. The Balaban J connectivity index is 2.13. The van der Waals surface area contributed by atoms with Gasteiger partial charge in [0.15, 0.2) is 11.9 Å². The third-order valence-corrected chi connectivity index (χ3v) is 3.52. The molecule has 0 aromatic carbocycles. The number of aldehydes is 1. The summed E-state index contributed by atoms with van der Waals surface area (Å²) in [5.74, 6) is 0.910. The molecule has 1 aliphatic heterocycles. The van der Waals surface area contributed by atoms with Gasteiger partial charge in [-0.05, 0) is 32.1 Å². The van der Waals surface area contributed by atoms with Crippen molar-refractivity contribution < 1.29 is 14.6 Å². The van der Waals surface area contributed by atoms with E-state index >= 15 is 0 Å². The lowest BCUT2D eigenvalue weighted by Crippen LogP contribution is -2.50. The van der Waals surface area contributed by atoms with Crippen molar-refractivity contribution in [1.82, 2.24) is 0 Å². The normalized spacial score (nSPS) is 50.2. The van der Waals surface area contributed by atoms with Crippen molar-refractivity contribution in [2.45, 2.75) is 44.8 Å². The summed E-state index contributed by atoms with van der Waals surface area (Å²) in [7, 11) is 0. The van der Waals surface area contributed by atoms with Gasteiger partial charge in [0.05, 0.1) is 6.10 Å². The number of hydrogen-bond acceptors (Lipinski definition) is 3. The molecule has 74 valence electrons. The van der Waals surface area contributed by atoms with E-state index in [1.807, 2.05) is 6.92 Å². The molecule has 1 saturated carbocycles. The maximum Gasteiger partial charge on any atom is 0.158 e. The van der Waals surface area contributed by atoms with Crippen molar-refractivity contribution in [3.63, 3.8) is 0 Å². The van der Waals surface area contributed by atoms with Gasteiger partial charge in [0, 0.05) is 5.92 Å². The number of hydrogen-bond donors (Lipinski definition) is 0. The van der Waals surface area contributed by atoms with Crippen LogP contribution in [0.25, 0.3) is 0 Å². The van der Waals surface area contributed by atoms with Gasteiger partial charge < -0.3 is 4.79 Å². The Labute approximate surface area is 78.3 Å². The quantitative estimate of drug-likeness (QED) is 0.459. The second-order valence-corrected chi connectivity index (χ2v) is 4.51. The van der Waals surface area contributed by atoms with E-state index in [1.54, 1.807) is 0 Å².